The van der Waals surface area contributed by atoms with Crippen molar-refractivity contribution in [2.75, 3.05) is 11.5 Å². The highest BCUT2D eigenvalue weighted by molar-refractivity contribution is 5.72. The summed E-state index contributed by atoms with van der Waals surface area (Å²) in [6, 6.07) is 7.93. The molecule has 0 spiro atoms. The van der Waals surface area contributed by atoms with E-state index in [4.69, 9.17) is 11.5 Å². The SMILES string of the molecule is Cc1cc(C)cc(-c2cn3nc(N)cc(N)c3n2)c1. The second-order valence-corrected chi connectivity index (χ2v) is 4.80. The molecular weight excluding hydrogens is 238 g/mol. The monoisotopic (exact) mass is 253 g/mol. The average Bonchev–Trinajstić information content (AvgIpc) is 2.71. The highest BCUT2D eigenvalue weighted by Gasteiger charge is 2.09. The maximum Gasteiger partial charge on any atom is 0.177 e. The normalized spacial score (nSPS) is 11.1. The van der Waals surface area contributed by atoms with E-state index in [1.807, 2.05) is 6.20 Å². The summed E-state index contributed by atoms with van der Waals surface area (Å²) in [6.07, 6.45) is 1.84. The van der Waals surface area contributed by atoms with Crippen LogP contribution in [0.3, 0.4) is 0 Å². The quantitative estimate of drug-likeness (QED) is 0.696. The van der Waals surface area contributed by atoms with E-state index in [2.05, 4.69) is 42.1 Å². The minimum Gasteiger partial charge on any atom is -0.396 e. The van der Waals surface area contributed by atoms with Gasteiger partial charge < -0.3 is 11.5 Å². The molecule has 0 fully saturated rings. The Bertz CT molecular complexity index is 753. The van der Waals surface area contributed by atoms with Gasteiger partial charge in [-0.05, 0) is 26.0 Å². The largest absolute Gasteiger partial charge is 0.396 e. The highest BCUT2D eigenvalue weighted by atomic mass is 15.3. The van der Waals surface area contributed by atoms with Gasteiger partial charge in [0.1, 0.15) is 5.82 Å². The van der Waals surface area contributed by atoms with E-state index in [0.717, 1.165) is 11.3 Å². The van der Waals surface area contributed by atoms with E-state index >= 15 is 0 Å². The van der Waals surface area contributed by atoms with Crippen molar-refractivity contribution in [3.63, 3.8) is 0 Å². The molecule has 19 heavy (non-hydrogen) atoms. The zero-order valence-corrected chi connectivity index (χ0v) is 10.9. The number of rotatable bonds is 1. The number of benzene rings is 1. The van der Waals surface area contributed by atoms with E-state index in [1.54, 1.807) is 10.6 Å². The van der Waals surface area contributed by atoms with Crippen molar-refractivity contribution >= 4 is 17.2 Å². The molecule has 0 atom stereocenters. The predicted molar refractivity (Wildman–Crippen MR) is 76.7 cm³/mol. The number of hydrogen-bond acceptors (Lipinski definition) is 4. The smallest absolute Gasteiger partial charge is 0.177 e. The minimum atomic E-state index is 0.384. The van der Waals surface area contributed by atoms with Gasteiger partial charge in [0.2, 0.25) is 0 Å². The number of aryl methyl sites for hydroxylation is 2. The number of nitrogen functional groups attached to an aromatic ring is 2. The molecule has 0 bridgehead atoms. The Balaban J connectivity index is 2.23. The van der Waals surface area contributed by atoms with Crippen molar-refractivity contribution in [2.24, 2.45) is 0 Å². The standard InChI is InChI=1S/C14H15N5/c1-8-3-9(2)5-10(4-8)12-7-19-14(17-12)11(15)6-13(16)18-19/h3-7H,15H2,1-2H3,(H2,16,18). The molecule has 0 unspecified atom stereocenters. The van der Waals surface area contributed by atoms with Crippen LogP contribution < -0.4 is 11.5 Å². The Morgan fingerprint density at radius 1 is 1.00 bits per heavy atom. The number of fused-ring (bicyclic) bond motifs is 1. The predicted octanol–water partition coefficient (Wildman–Crippen LogP) is 2.18. The van der Waals surface area contributed by atoms with Crippen LogP contribution in [0.15, 0.2) is 30.5 Å². The van der Waals surface area contributed by atoms with Crippen molar-refractivity contribution in [1.82, 2.24) is 14.6 Å². The van der Waals surface area contributed by atoms with Crippen molar-refractivity contribution in [1.29, 1.82) is 0 Å². The lowest BCUT2D eigenvalue weighted by Crippen LogP contribution is -2.00. The fraction of sp³-hybridized carbons (Fsp3) is 0.143. The molecule has 0 saturated heterocycles. The van der Waals surface area contributed by atoms with Gasteiger partial charge >= 0.3 is 0 Å². The van der Waals surface area contributed by atoms with Gasteiger partial charge in [-0.15, -0.1) is 5.10 Å². The van der Waals surface area contributed by atoms with E-state index in [9.17, 15) is 0 Å². The maximum absolute atomic E-state index is 5.90. The van der Waals surface area contributed by atoms with Gasteiger partial charge in [-0.1, -0.05) is 17.2 Å². The van der Waals surface area contributed by atoms with Crippen LogP contribution in [0.2, 0.25) is 0 Å². The molecule has 5 nitrogen and oxygen atoms in total. The van der Waals surface area contributed by atoms with Crippen LogP contribution in [0.1, 0.15) is 11.1 Å². The number of anilines is 2. The van der Waals surface area contributed by atoms with Crippen molar-refractivity contribution in [3.8, 4) is 11.3 Å². The van der Waals surface area contributed by atoms with E-state index in [0.29, 0.717) is 17.2 Å². The summed E-state index contributed by atoms with van der Waals surface area (Å²) in [5, 5.41) is 4.18. The third-order valence-corrected chi connectivity index (χ3v) is 2.99. The van der Waals surface area contributed by atoms with Crippen LogP contribution >= 0.6 is 0 Å². The fourth-order valence-corrected chi connectivity index (χ4v) is 2.28. The summed E-state index contributed by atoms with van der Waals surface area (Å²) < 4.78 is 1.62. The molecule has 2 heterocycles. The van der Waals surface area contributed by atoms with Crippen LogP contribution in [-0.2, 0) is 0 Å². The third-order valence-electron chi connectivity index (χ3n) is 2.99. The van der Waals surface area contributed by atoms with Gasteiger partial charge in [-0.2, -0.15) is 0 Å². The molecule has 5 heteroatoms. The molecule has 1 aromatic carbocycles. The van der Waals surface area contributed by atoms with Crippen LogP contribution in [0.25, 0.3) is 16.9 Å². The molecule has 0 aliphatic carbocycles. The lowest BCUT2D eigenvalue weighted by atomic mass is 10.1. The molecule has 3 rings (SSSR count). The Kier molecular flexibility index (Phi) is 2.41. The van der Waals surface area contributed by atoms with E-state index < -0.39 is 0 Å². The van der Waals surface area contributed by atoms with Gasteiger partial charge in [0.25, 0.3) is 0 Å². The maximum atomic E-state index is 5.90. The summed E-state index contributed by atoms with van der Waals surface area (Å²) >= 11 is 0. The van der Waals surface area contributed by atoms with Crippen molar-refractivity contribution in [3.05, 3.63) is 41.6 Å². The number of nitrogens with two attached hydrogens (primary N) is 2. The summed E-state index contributed by atoms with van der Waals surface area (Å²) in [6.45, 7) is 4.13. The molecule has 0 aliphatic rings. The first-order valence-electron chi connectivity index (χ1n) is 6.03. The van der Waals surface area contributed by atoms with Gasteiger partial charge in [0.05, 0.1) is 17.6 Å². The van der Waals surface area contributed by atoms with Gasteiger partial charge in [-0.25, -0.2) is 9.50 Å². The minimum absolute atomic E-state index is 0.384. The second-order valence-electron chi connectivity index (χ2n) is 4.80. The number of imidazole rings is 1. The topological polar surface area (TPSA) is 82.2 Å². The fourth-order valence-electron chi connectivity index (χ4n) is 2.28. The van der Waals surface area contributed by atoms with Gasteiger partial charge in [-0.3, -0.25) is 0 Å². The third kappa shape index (κ3) is 1.99. The molecular formula is C14H15N5. The zero-order valence-electron chi connectivity index (χ0n) is 10.9. The summed E-state index contributed by atoms with van der Waals surface area (Å²) in [5.74, 6) is 0.384. The Morgan fingerprint density at radius 2 is 1.68 bits per heavy atom. The first-order valence-corrected chi connectivity index (χ1v) is 6.03. The molecule has 4 N–H and O–H groups in total. The molecule has 0 aliphatic heterocycles. The molecule has 0 radical (unpaired) electrons. The Labute approximate surface area is 110 Å². The molecule has 0 amide bonds. The second kappa shape index (κ2) is 3.98. The lowest BCUT2D eigenvalue weighted by Gasteiger charge is -2.01. The zero-order chi connectivity index (χ0) is 13.6. The molecule has 0 saturated carbocycles. The van der Waals surface area contributed by atoms with E-state index in [-0.39, 0.29) is 0 Å². The summed E-state index contributed by atoms with van der Waals surface area (Å²) in [7, 11) is 0. The first-order chi connectivity index (χ1) is 9.02. The lowest BCUT2D eigenvalue weighted by molar-refractivity contribution is 0.948. The van der Waals surface area contributed by atoms with Crippen LogP contribution in [0.4, 0.5) is 11.5 Å². The Morgan fingerprint density at radius 3 is 2.37 bits per heavy atom. The van der Waals surface area contributed by atoms with Crippen LogP contribution in [0, 0.1) is 13.8 Å². The molecule has 96 valence electrons. The van der Waals surface area contributed by atoms with E-state index in [1.165, 1.54) is 11.1 Å². The van der Waals surface area contributed by atoms with Crippen LogP contribution in [-0.4, -0.2) is 14.6 Å². The number of aromatic nitrogens is 3. The first kappa shape index (κ1) is 11.5. The Hall–Kier alpha value is -2.56. The highest BCUT2D eigenvalue weighted by Crippen LogP contribution is 2.24. The van der Waals surface area contributed by atoms with Crippen LogP contribution in [0.5, 0.6) is 0 Å². The van der Waals surface area contributed by atoms with Crippen molar-refractivity contribution < 1.29 is 0 Å². The molecule has 3 aromatic rings. The van der Waals surface area contributed by atoms with Gasteiger partial charge in [0.15, 0.2) is 5.65 Å². The summed E-state index contributed by atoms with van der Waals surface area (Å²) in [5.41, 5.74) is 17.0. The molecule has 2 aromatic heterocycles. The number of hydrogen-bond donors (Lipinski definition) is 2. The van der Waals surface area contributed by atoms with Crippen molar-refractivity contribution in [2.45, 2.75) is 13.8 Å². The summed E-state index contributed by atoms with van der Waals surface area (Å²) in [4.78, 5) is 4.53. The average molecular weight is 253 g/mol. The van der Waals surface area contributed by atoms with Gasteiger partial charge in [0, 0.05) is 11.6 Å². The number of nitrogens with zero attached hydrogens (tertiary/aromatic N) is 3.